The molecule has 3 aliphatic rings. The Labute approximate surface area is 150 Å². The SMILES string of the molecule is C/C1=C\[C@@H]2[C@H](CC[C@@](C)(O)[C@H](O)[C@H]3[C@@H](O)[C@@H](C)C[C@]3(O)[C@H]1O)C2(C)C. The van der Waals surface area contributed by atoms with Crippen molar-refractivity contribution in [1.29, 1.82) is 0 Å². The van der Waals surface area contributed by atoms with Crippen molar-refractivity contribution in [2.24, 2.45) is 29.1 Å². The van der Waals surface area contributed by atoms with Crippen molar-refractivity contribution >= 4 is 0 Å². The van der Waals surface area contributed by atoms with Crippen LogP contribution in [0.3, 0.4) is 0 Å². The highest BCUT2D eigenvalue weighted by atomic mass is 16.4. The van der Waals surface area contributed by atoms with Crippen LogP contribution in [-0.4, -0.2) is 55.0 Å². The first-order valence-corrected chi connectivity index (χ1v) is 9.51. The lowest BCUT2D eigenvalue weighted by Crippen LogP contribution is -2.58. The zero-order valence-electron chi connectivity index (χ0n) is 16.0. The van der Waals surface area contributed by atoms with E-state index in [0.717, 1.165) is 6.42 Å². The van der Waals surface area contributed by atoms with Gasteiger partial charge >= 0.3 is 0 Å². The van der Waals surface area contributed by atoms with Crippen LogP contribution in [0, 0.1) is 29.1 Å². The molecule has 0 amide bonds. The number of aliphatic hydroxyl groups is 5. The fraction of sp³-hybridized carbons (Fsp3) is 0.900. The van der Waals surface area contributed by atoms with E-state index in [0.29, 0.717) is 23.8 Å². The number of fused-ring (bicyclic) bond motifs is 2. The average molecular weight is 354 g/mol. The summed E-state index contributed by atoms with van der Waals surface area (Å²) in [5, 5.41) is 54.7. The molecule has 0 aromatic heterocycles. The fourth-order valence-corrected chi connectivity index (χ4v) is 5.60. The number of hydrogen-bond donors (Lipinski definition) is 5. The predicted octanol–water partition coefficient (Wildman–Crippen LogP) is 1.22. The Morgan fingerprint density at radius 2 is 1.68 bits per heavy atom. The second kappa shape index (κ2) is 5.77. The topological polar surface area (TPSA) is 101 Å². The summed E-state index contributed by atoms with van der Waals surface area (Å²) in [5.74, 6) is -0.585. The molecule has 2 fully saturated rings. The van der Waals surface area contributed by atoms with E-state index < -0.39 is 35.4 Å². The molecule has 144 valence electrons. The van der Waals surface area contributed by atoms with Gasteiger partial charge in [0.1, 0.15) is 11.7 Å². The molecule has 0 aromatic carbocycles. The molecule has 25 heavy (non-hydrogen) atoms. The average Bonchev–Trinajstić information content (AvgIpc) is 2.92. The molecule has 5 nitrogen and oxygen atoms in total. The molecule has 0 heterocycles. The third kappa shape index (κ3) is 2.79. The van der Waals surface area contributed by atoms with Crippen LogP contribution in [0.1, 0.15) is 53.9 Å². The molecular weight excluding hydrogens is 320 g/mol. The van der Waals surface area contributed by atoms with Crippen molar-refractivity contribution in [2.45, 2.75) is 83.4 Å². The number of allylic oxidation sites excluding steroid dienone is 1. The van der Waals surface area contributed by atoms with Gasteiger partial charge in [0.2, 0.25) is 0 Å². The van der Waals surface area contributed by atoms with Gasteiger partial charge in [0.05, 0.1) is 17.8 Å². The van der Waals surface area contributed by atoms with E-state index in [1.54, 1.807) is 13.8 Å². The summed E-state index contributed by atoms with van der Waals surface area (Å²) in [6.45, 7) is 9.53. The van der Waals surface area contributed by atoms with E-state index in [-0.39, 0.29) is 17.8 Å². The van der Waals surface area contributed by atoms with Gasteiger partial charge in [-0.1, -0.05) is 26.8 Å². The van der Waals surface area contributed by atoms with Gasteiger partial charge < -0.3 is 25.5 Å². The van der Waals surface area contributed by atoms with Gasteiger partial charge in [0.15, 0.2) is 0 Å². The highest BCUT2D eigenvalue weighted by molar-refractivity contribution is 5.25. The minimum atomic E-state index is -1.65. The van der Waals surface area contributed by atoms with E-state index in [4.69, 9.17) is 0 Å². The molecule has 2 saturated carbocycles. The summed E-state index contributed by atoms with van der Waals surface area (Å²) in [6.07, 6.45) is -0.0489. The lowest BCUT2D eigenvalue weighted by molar-refractivity contribution is -0.180. The van der Waals surface area contributed by atoms with Crippen molar-refractivity contribution in [3.8, 4) is 0 Å². The third-order valence-corrected chi connectivity index (χ3v) is 7.60. The van der Waals surface area contributed by atoms with E-state index >= 15 is 0 Å². The van der Waals surface area contributed by atoms with Crippen LogP contribution in [0.25, 0.3) is 0 Å². The molecular formula is C20H34O5. The second-order valence-corrected chi connectivity index (χ2v) is 9.80. The van der Waals surface area contributed by atoms with Gasteiger partial charge in [0.25, 0.3) is 0 Å². The van der Waals surface area contributed by atoms with Gasteiger partial charge in [-0.3, -0.25) is 0 Å². The van der Waals surface area contributed by atoms with Gasteiger partial charge in [-0.2, -0.15) is 0 Å². The molecule has 3 aliphatic carbocycles. The summed E-state index contributed by atoms with van der Waals surface area (Å²) >= 11 is 0. The molecule has 9 atom stereocenters. The summed E-state index contributed by atoms with van der Waals surface area (Å²) < 4.78 is 0. The first kappa shape index (κ1) is 19.3. The van der Waals surface area contributed by atoms with Gasteiger partial charge in [-0.25, -0.2) is 0 Å². The minimum absolute atomic E-state index is 0.0890. The fourth-order valence-electron chi connectivity index (χ4n) is 5.60. The zero-order chi connectivity index (χ0) is 18.9. The Morgan fingerprint density at radius 3 is 2.28 bits per heavy atom. The molecule has 0 aliphatic heterocycles. The van der Waals surface area contributed by atoms with Gasteiger partial charge in [-0.15, -0.1) is 0 Å². The Morgan fingerprint density at radius 1 is 1.08 bits per heavy atom. The molecule has 0 bridgehead atoms. The van der Waals surface area contributed by atoms with Crippen molar-refractivity contribution in [1.82, 2.24) is 0 Å². The monoisotopic (exact) mass is 354 g/mol. The molecule has 0 aromatic rings. The molecule has 3 rings (SSSR count). The quantitative estimate of drug-likeness (QED) is 0.421. The van der Waals surface area contributed by atoms with Crippen LogP contribution in [0.2, 0.25) is 0 Å². The maximum absolute atomic E-state index is 11.3. The Kier molecular flexibility index (Phi) is 4.45. The van der Waals surface area contributed by atoms with Crippen LogP contribution in [0.4, 0.5) is 0 Å². The van der Waals surface area contributed by atoms with Crippen LogP contribution < -0.4 is 0 Å². The van der Waals surface area contributed by atoms with Crippen molar-refractivity contribution < 1.29 is 25.5 Å². The first-order valence-electron chi connectivity index (χ1n) is 9.51. The van der Waals surface area contributed by atoms with Gasteiger partial charge in [0, 0.05) is 5.92 Å². The Bertz CT molecular complexity index is 568. The van der Waals surface area contributed by atoms with Crippen LogP contribution in [0.15, 0.2) is 11.6 Å². The standard InChI is InChI=1S/C20H34O5/c1-10-8-13-12(18(13,3)4)6-7-19(5,24)17(23)14-15(21)11(2)9-20(14,25)16(10)22/h8,11-17,21-25H,6-7,9H2,1-5H3/b10-8+/t11-,12-,13+,14+,15-,16-,17+,19+,20+/m0/s1. The lowest BCUT2D eigenvalue weighted by Gasteiger charge is -2.43. The molecule has 5 N–H and O–H groups in total. The summed E-state index contributed by atoms with van der Waals surface area (Å²) in [6, 6.07) is 0. The number of hydrogen-bond acceptors (Lipinski definition) is 5. The molecule has 0 spiro atoms. The summed E-state index contributed by atoms with van der Waals surface area (Å²) in [4.78, 5) is 0. The molecule has 5 heteroatoms. The molecule has 0 saturated heterocycles. The van der Waals surface area contributed by atoms with E-state index in [1.165, 1.54) is 0 Å². The number of aliphatic hydroxyl groups excluding tert-OH is 3. The second-order valence-electron chi connectivity index (χ2n) is 9.80. The van der Waals surface area contributed by atoms with E-state index in [1.807, 2.05) is 13.0 Å². The van der Waals surface area contributed by atoms with Crippen LogP contribution in [-0.2, 0) is 0 Å². The Balaban J connectivity index is 2.06. The minimum Gasteiger partial charge on any atom is -0.392 e. The predicted molar refractivity (Wildman–Crippen MR) is 94.6 cm³/mol. The van der Waals surface area contributed by atoms with Crippen molar-refractivity contribution in [3.63, 3.8) is 0 Å². The van der Waals surface area contributed by atoms with E-state index in [2.05, 4.69) is 13.8 Å². The van der Waals surface area contributed by atoms with Crippen LogP contribution >= 0.6 is 0 Å². The third-order valence-electron chi connectivity index (χ3n) is 7.60. The van der Waals surface area contributed by atoms with Crippen molar-refractivity contribution in [3.05, 3.63) is 11.6 Å². The normalized spacial score (nSPS) is 57.7. The van der Waals surface area contributed by atoms with Crippen molar-refractivity contribution in [2.75, 3.05) is 0 Å². The highest BCUT2D eigenvalue weighted by Crippen LogP contribution is 2.62. The van der Waals surface area contributed by atoms with Gasteiger partial charge in [-0.05, 0) is 61.9 Å². The molecule has 0 unspecified atom stereocenters. The molecule has 0 radical (unpaired) electrons. The lowest BCUT2D eigenvalue weighted by atomic mass is 9.73. The summed E-state index contributed by atoms with van der Waals surface area (Å²) in [7, 11) is 0. The largest absolute Gasteiger partial charge is 0.392 e. The Hall–Kier alpha value is -0.460. The maximum Gasteiger partial charge on any atom is 0.104 e. The maximum atomic E-state index is 11.3. The first-order chi connectivity index (χ1) is 11.3. The number of rotatable bonds is 0. The van der Waals surface area contributed by atoms with Crippen LogP contribution in [0.5, 0.6) is 0 Å². The zero-order valence-corrected chi connectivity index (χ0v) is 16.0. The summed E-state index contributed by atoms with van der Waals surface area (Å²) in [5.41, 5.74) is -2.30. The van der Waals surface area contributed by atoms with E-state index in [9.17, 15) is 25.5 Å². The highest BCUT2D eigenvalue weighted by Gasteiger charge is 2.62. The smallest absolute Gasteiger partial charge is 0.104 e.